The summed E-state index contributed by atoms with van der Waals surface area (Å²) in [5.74, 6) is -0.315. The highest BCUT2D eigenvalue weighted by Gasteiger charge is 2.04. The van der Waals surface area contributed by atoms with Crippen molar-refractivity contribution in [2.75, 3.05) is 14.1 Å². The van der Waals surface area contributed by atoms with Crippen LogP contribution in [0.4, 0.5) is 9.18 Å². The molecule has 0 spiro atoms. The normalized spacial score (nSPS) is 10.6. The molecule has 0 aromatic heterocycles. The molecule has 0 heterocycles. The molecule has 2 rings (SSSR count). The summed E-state index contributed by atoms with van der Waals surface area (Å²) in [6.07, 6.45) is 0. The van der Waals surface area contributed by atoms with Crippen molar-refractivity contribution in [3.8, 4) is 0 Å². The van der Waals surface area contributed by atoms with Crippen molar-refractivity contribution in [2.24, 2.45) is 0 Å². The molecule has 0 radical (unpaired) electrons. The summed E-state index contributed by atoms with van der Waals surface area (Å²) >= 11 is 0. The molecule has 23 heavy (non-hydrogen) atoms. The first-order valence-electron chi connectivity index (χ1n) is 7.52. The van der Waals surface area contributed by atoms with Crippen molar-refractivity contribution < 1.29 is 9.18 Å². The number of urea groups is 1. The number of rotatable bonds is 6. The van der Waals surface area contributed by atoms with Gasteiger partial charge in [-0.25, -0.2) is 9.18 Å². The SMILES string of the molecule is CN(C)Cc1ccc(CNC(=O)NCc2ccccc2F)cc1. The van der Waals surface area contributed by atoms with Crippen molar-refractivity contribution in [1.29, 1.82) is 0 Å². The highest BCUT2D eigenvalue weighted by atomic mass is 19.1. The van der Waals surface area contributed by atoms with Gasteiger partial charge >= 0.3 is 6.03 Å². The molecule has 0 saturated carbocycles. The Morgan fingerprint density at radius 2 is 1.57 bits per heavy atom. The Kier molecular flexibility index (Phi) is 6.11. The average Bonchev–Trinajstić information content (AvgIpc) is 2.53. The zero-order valence-corrected chi connectivity index (χ0v) is 13.5. The quantitative estimate of drug-likeness (QED) is 0.861. The second-order valence-corrected chi connectivity index (χ2v) is 5.68. The zero-order valence-electron chi connectivity index (χ0n) is 13.5. The van der Waals surface area contributed by atoms with E-state index in [0.717, 1.165) is 12.1 Å². The molecule has 122 valence electrons. The van der Waals surface area contributed by atoms with Crippen molar-refractivity contribution in [3.05, 3.63) is 71.0 Å². The van der Waals surface area contributed by atoms with Crippen molar-refractivity contribution in [1.82, 2.24) is 15.5 Å². The van der Waals surface area contributed by atoms with Crippen LogP contribution in [0.5, 0.6) is 0 Å². The van der Waals surface area contributed by atoms with Gasteiger partial charge in [-0.2, -0.15) is 0 Å². The predicted octanol–water partition coefficient (Wildman–Crippen LogP) is 2.89. The van der Waals surface area contributed by atoms with Crippen LogP contribution in [0.1, 0.15) is 16.7 Å². The van der Waals surface area contributed by atoms with Gasteiger partial charge in [0.2, 0.25) is 0 Å². The summed E-state index contributed by atoms with van der Waals surface area (Å²) in [6, 6.07) is 14.2. The molecular weight excluding hydrogens is 293 g/mol. The van der Waals surface area contributed by atoms with E-state index in [0.29, 0.717) is 12.1 Å². The highest BCUT2D eigenvalue weighted by Crippen LogP contribution is 2.07. The molecule has 0 atom stereocenters. The topological polar surface area (TPSA) is 44.4 Å². The summed E-state index contributed by atoms with van der Waals surface area (Å²) in [5.41, 5.74) is 2.71. The number of nitrogens with one attached hydrogen (secondary N) is 2. The van der Waals surface area contributed by atoms with Crippen LogP contribution in [0, 0.1) is 5.82 Å². The number of amides is 2. The Morgan fingerprint density at radius 1 is 0.957 bits per heavy atom. The molecule has 0 bridgehead atoms. The summed E-state index contributed by atoms with van der Waals surface area (Å²) in [4.78, 5) is 13.9. The van der Waals surface area contributed by atoms with Crippen molar-refractivity contribution in [2.45, 2.75) is 19.6 Å². The second kappa shape index (κ2) is 8.29. The van der Waals surface area contributed by atoms with Crippen molar-refractivity contribution in [3.63, 3.8) is 0 Å². The molecule has 2 aromatic carbocycles. The smallest absolute Gasteiger partial charge is 0.315 e. The molecule has 2 aromatic rings. The summed E-state index contributed by atoms with van der Waals surface area (Å²) in [6.45, 7) is 1.49. The first kappa shape index (κ1) is 17.0. The van der Waals surface area contributed by atoms with E-state index >= 15 is 0 Å². The largest absolute Gasteiger partial charge is 0.334 e. The lowest BCUT2D eigenvalue weighted by molar-refractivity contribution is 0.240. The van der Waals surface area contributed by atoms with E-state index in [9.17, 15) is 9.18 Å². The van der Waals surface area contributed by atoms with Gasteiger partial charge in [-0.15, -0.1) is 0 Å². The Labute approximate surface area is 136 Å². The lowest BCUT2D eigenvalue weighted by Crippen LogP contribution is -2.34. The van der Waals surface area contributed by atoms with Gasteiger partial charge in [0, 0.05) is 25.2 Å². The molecule has 0 aliphatic heterocycles. The third kappa shape index (κ3) is 5.71. The van der Waals surface area contributed by atoms with Gasteiger partial charge in [0.15, 0.2) is 0 Å². The van der Waals surface area contributed by atoms with Gasteiger partial charge in [-0.3, -0.25) is 0 Å². The van der Waals surface area contributed by atoms with E-state index in [4.69, 9.17) is 0 Å². The summed E-state index contributed by atoms with van der Waals surface area (Å²) in [7, 11) is 4.05. The van der Waals surface area contributed by atoms with Crippen LogP contribution >= 0.6 is 0 Å². The number of hydrogen-bond donors (Lipinski definition) is 2. The lowest BCUT2D eigenvalue weighted by atomic mass is 10.1. The number of benzene rings is 2. The Bertz CT molecular complexity index is 641. The van der Waals surface area contributed by atoms with Crippen molar-refractivity contribution >= 4 is 6.03 Å². The van der Waals surface area contributed by atoms with E-state index in [2.05, 4.69) is 15.5 Å². The number of carbonyl (C=O) groups excluding carboxylic acids is 1. The number of hydrogen-bond acceptors (Lipinski definition) is 2. The minimum Gasteiger partial charge on any atom is -0.334 e. The van der Waals surface area contributed by atoms with Crippen LogP contribution in [0.25, 0.3) is 0 Å². The Hall–Kier alpha value is -2.40. The number of nitrogens with zero attached hydrogens (tertiary/aromatic N) is 1. The molecule has 2 amide bonds. The van der Waals surface area contributed by atoms with Crippen LogP contribution in [0.2, 0.25) is 0 Å². The molecule has 0 unspecified atom stereocenters. The first-order chi connectivity index (χ1) is 11.0. The van der Waals surface area contributed by atoms with E-state index in [1.165, 1.54) is 11.6 Å². The molecular formula is C18H22FN3O. The van der Waals surface area contributed by atoms with E-state index in [-0.39, 0.29) is 18.4 Å². The monoisotopic (exact) mass is 315 g/mol. The highest BCUT2D eigenvalue weighted by molar-refractivity contribution is 5.73. The van der Waals surface area contributed by atoms with E-state index in [1.54, 1.807) is 18.2 Å². The van der Waals surface area contributed by atoms with Crippen LogP contribution in [0.15, 0.2) is 48.5 Å². The third-order valence-electron chi connectivity index (χ3n) is 3.37. The fourth-order valence-electron chi connectivity index (χ4n) is 2.19. The third-order valence-corrected chi connectivity index (χ3v) is 3.37. The molecule has 2 N–H and O–H groups in total. The summed E-state index contributed by atoms with van der Waals surface area (Å²) < 4.78 is 13.4. The fourth-order valence-corrected chi connectivity index (χ4v) is 2.19. The zero-order chi connectivity index (χ0) is 16.7. The maximum absolute atomic E-state index is 13.4. The molecule has 0 aliphatic carbocycles. The maximum Gasteiger partial charge on any atom is 0.315 e. The lowest BCUT2D eigenvalue weighted by Gasteiger charge is -2.11. The predicted molar refractivity (Wildman–Crippen MR) is 89.3 cm³/mol. The van der Waals surface area contributed by atoms with E-state index in [1.807, 2.05) is 38.4 Å². The van der Waals surface area contributed by atoms with Crippen LogP contribution in [-0.4, -0.2) is 25.0 Å². The molecule has 4 nitrogen and oxygen atoms in total. The standard InChI is InChI=1S/C18H22FN3O/c1-22(2)13-15-9-7-14(8-10-15)11-20-18(23)21-12-16-5-3-4-6-17(16)19/h3-10H,11-13H2,1-2H3,(H2,20,21,23). The molecule has 0 fully saturated rings. The molecule has 0 aliphatic rings. The maximum atomic E-state index is 13.4. The Balaban J connectivity index is 1.77. The van der Waals surface area contributed by atoms with Crippen LogP contribution < -0.4 is 10.6 Å². The molecule has 0 saturated heterocycles. The van der Waals surface area contributed by atoms with Crippen LogP contribution in [-0.2, 0) is 19.6 Å². The van der Waals surface area contributed by atoms with Gasteiger partial charge in [0.05, 0.1) is 0 Å². The van der Waals surface area contributed by atoms with Gasteiger partial charge < -0.3 is 15.5 Å². The number of halogens is 1. The summed E-state index contributed by atoms with van der Waals surface area (Å²) in [5, 5.41) is 5.42. The van der Waals surface area contributed by atoms with Gasteiger partial charge in [-0.1, -0.05) is 42.5 Å². The van der Waals surface area contributed by atoms with Gasteiger partial charge in [0.1, 0.15) is 5.82 Å². The van der Waals surface area contributed by atoms with Gasteiger partial charge in [0.25, 0.3) is 0 Å². The number of carbonyl (C=O) groups is 1. The second-order valence-electron chi connectivity index (χ2n) is 5.68. The van der Waals surface area contributed by atoms with Crippen LogP contribution in [0.3, 0.4) is 0 Å². The fraction of sp³-hybridized carbons (Fsp3) is 0.278. The Morgan fingerprint density at radius 3 is 2.22 bits per heavy atom. The van der Waals surface area contributed by atoms with E-state index < -0.39 is 0 Å². The minimum atomic E-state index is -0.315. The van der Waals surface area contributed by atoms with Gasteiger partial charge in [-0.05, 0) is 31.3 Å². The first-order valence-corrected chi connectivity index (χ1v) is 7.52. The average molecular weight is 315 g/mol. The molecule has 5 heteroatoms. The minimum absolute atomic E-state index is 0.167.